The fourth-order valence-electron chi connectivity index (χ4n) is 3.31. The number of nitrogens with one attached hydrogen (secondary N) is 1. The van der Waals surface area contributed by atoms with Gasteiger partial charge >= 0.3 is 0 Å². The van der Waals surface area contributed by atoms with Gasteiger partial charge in [0.2, 0.25) is 10.0 Å². The van der Waals surface area contributed by atoms with E-state index in [9.17, 15) is 8.42 Å². The lowest BCUT2D eigenvalue weighted by Gasteiger charge is -2.33. The molecule has 0 aromatic carbocycles. The van der Waals surface area contributed by atoms with Crippen LogP contribution >= 0.6 is 0 Å². The van der Waals surface area contributed by atoms with Gasteiger partial charge in [-0.1, -0.05) is 0 Å². The molecule has 118 valence electrons. The van der Waals surface area contributed by atoms with Gasteiger partial charge in [0, 0.05) is 37.4 Å². The van der Waals surface area contributed by atoms with Gasteiger partial charge in [0.05, 0.1) is 11.9 Å². The van der Waals surface area contributed by atoms with Gasteiger partial charge in [-0.05, 0) is 38.7 Å². The maximum Gasteiger partial charge on any atom is 0.211 e. The van der Waals surface area contributed by atoms with E-state index < -0.39 is 10.0 Å². The zero-order valence-corrected chi connectivity index (χ0v) is 13.6. The summed E-state index contributed by atoms with van der Waals surface area (Å²) < 4.78 is 27.0. The Kier molecular flexibility index (Phi) is 4.07. The van der Waals surface area contributed by atoms with Gasteiger partial charge in [0.15, 0.2) is 0 Å². The zero-order chi connectivity index (χ0) is 15.0. The number of aromatic nitrogens is 2. The Morgan fingerprint density at radius 2 is 2.19 bits per heavy atom. The highest BCUT2D eigenvalue weighted by Crippen LogP contribution is 2.21. The van der Waals surface area contributed by atoms with Crippen LogP contribution in [-0.4, -0.2) is 47.9 Å². The van der Waals surface area contributed by atoms with E-state index in [0.29, 0.717) is 13.1 Å². The number of piperidine rings is 1. The van der Waals surface area contributed by atoms with Crippen LogP contribution in [-0.2, 0) is 23.0 Å². The van der Waals surface area contributed by atoms with Gasteiger partial charge in [0.1, 0.15) is 0 Å². The van der Waals surface area contributed by atoms with Gasteiger partial charge in [0.25, 0.3) is 0 Å². The first kappa shape index (κ1) is 15.0. The highest BCUT2D eigenvalue weighted by atomic mass is 32.2. The summed E-state index contributed by atoms with van der Waals surface area (Å²) in [7, 11) is -3.08. The molecular weight excluding hydrogens is 288 g/mol. The Hall–Kier alpha value is -0.920. The van der Waals surface area contributed by atoms with Gasteiger partial charge < -0.3 is 5.32 Å². The van der Waals surface area contributed by atoms with Gasteiger partial charge in [-0.15, -0.1) is 0 Å². The third-order valence-corrected chi connectivity index (χ3v) is 5.74. The van der Waals surface area contributed by atoms with Crippen LogP contribution in [0.25, 0.3) is 0 Å². The van der Waals surface area contributed by atoms with E-state index in [1.165, 1.54) is 18.4 Å². The minimum Gasteiger partial charge on any atom is -0.305 e. The van der Waals surface area contributed by atoms with Crippen LogP contribution in [0.1, 0.15) is 43.6 Å². The van der Waals surface area contributed by atoms with Crippen LogP contribution in [0.15, 0.2) is 6.07 Å². The molecule has 1 saturated heterocycles. The molecule has 0 saturated carbocycles. The van der Waals surface area contributed by atoms with E-state index in [1.807, 2.05) is 0 Å². The highest BCUT2D eigenvalue weighted by molar-refractivity contribution is 7.88. The fraction of sp³-hybridized carbons (Fsp3) is 0.786. The van der Waals surface area contributed by atoms with E-state index in [0.717, 1.165) is 31.5 Å². The Balaban J connectivity index is 1.62. The molecule has 3 heterocycles. The standard InChI is InChI=1S/C14H24N4O2S/c1-11(14-9-13-6-4-8-18(13)16-14)15-12-5-3-7-17(10-12)21(2,19)20/h9,11-12,15H,3-8,10H2,1-2H3. The van der Waals surface area contributed by atoms with Gasteiger partial charge in [-0.3, -0.25) is 4.68 Å². The monoisotopic (exact) mass is 312 g/mol. The summed E-state index contributed by atoms with van der Waals surface area (Å²) in [5.41, 5.74) is 2.39. The van der Waals surface area contributed by atoms with Gasteiger partial charge in [-0.2, -0.15) is 5.10 Å². The molecule has 3 rings (SSSR count). The SMILES string of the molecule is CC(NC1CCCN(S(C)(=O)=O)C1)c1cc2n(n1)CCC2. The highest BCUT2D eigenvalue weighted by Gasteiger charge is 2.27. The molecular formula is C14H24N4O2S. The second-order valence-electron chi connectivity index (χ2n) is 6.24. The number of sulfonamides is 1. The molecule has 1 fully saturated rings. The lowest BCUT2D eigenvalue weighted by atomic mass is 10.1. The lowest BCUT2D eigenvalue weighted by molar-refractivity contribution is 0.270. The molecule has 2 aliphatic rings. The Morgan fingerprint density at radius 3 is 2.90 bits per heavy atom. The van der Waals surface area contributed by atoms with E-state index in [-0.39, 0.29) is 12.1 Å². The summed E-state index contributed by atoms with van der Waals surface area (Å²) in [5, 5.41) is 8.19. The topological polar surface area (TPSA) is 67.2 Å². The number of hydrogen-bond donors (Lipinski definition) is 1. The third-order valence-electron chi connectivity index (χ3n) is 4.47. The first-order chi connectivity index (χ1) is 9.93. The van der Waals surface area contributed by atoms with Crippen molar-refractivity contribution in [3.63, 3.8) is 0 Å². The second-order valence-corrected chi connectivity index (χ2v) is 8.22. The van der Waals surface area contributed by atoms with Crippen LogP contribution in [0.5, 0.6) is 0 Å². The molecule has 6 nitrogen and oxygen atoms in total. The second kappa shape index (κ2) is 5.70. The maximum absolute atomic E-state index is 11.7. The van der Waals surface area contributed by atoms with Crippen LogP contribution in [0, 0.1) is 0 Å². The molecule has 7 heteroatoms. The number of hydrogen-bond acceptors (Lipinski definition) is 4. The minimum absolute atomic E-state index is 0.160. The average Bonchev–Trinajstić information content (AvgIpc) is 2.98. The summed E-state index contributed by atoms with van der Waals surface area (Å²) in [6.07, 6.45) is 5.53. The quantitative estimate of drug-likeness (QED) is 0.897. The van der Waals surface area contributed by atoms with Crippen molar-refractivity contribution in [1.82, 2.24) is 19.4 Å². The molecule has 1 aromatic rings. The fourth-order valence-corrected chi connectivity index (χ4v) is 4.22. The van der Waals surface area contributed by atoms with Crippen LogP contribution in [0.4, 0.5) is 0 Å². The Labute approximate surface area is 126 Å². The average molecular weight is 312 g/mol. The lowest BCUT2D eigenvalue weighted by Crippen LogP contribution is -2.48. The van der Waals surface area contributed by atoms with Crippen molar-refractivity contribution >= 4 is 10.0 Å². The van der Waals surface area contributed by atoms with Crippen LogP contribution in [0.2, 0.25) is 0 Å². The molecule has 0 spiro atoms. The van der Waals surface area contributed by atoms with Crippen molar-refractivity contribution < 1.29 is 8.42 Å². The predicted molar refractivity (Wildman–Crippen MR) is 81.5 cm³/mol. The normalized spacial score (nSPS) is 25.0. The van der Waals surface area contributed by atoms with Crippen LogP contribution < -0.4 is 5.32 Å². The minimum atomic E-state index is -3.08. The van der Waals surface area contributed by atoms with Crippen molar-refractivity contribution in [1.29, 1.82) is 0 Å². The van der Waals surface area contributed by atoms with Crippen LogP contribution in [0.3, 0.4) is 0 Å². The largest absolute Gasteiger partial charge is 0.305 e. The summed E-state index contributed by atoms with van der Waals surface area (Å²) in [5.74, 6) is 0. The van der Waals surface area contributed by atoms with E-state index in [1.54, 1.807) is 4.31 Å². The zero-order valence-electron chi connectivity index (χ0n) is 12.7. The molecule has 1 aromatic heterocycles. The first-order valence-corrected chi connectivity index (χ1v) is 9.56. The molecule has 2 atom stereocenters. The van der Waals surface area contributed by atoms with Crippen molar-refractivity contribution in [2.75, 3.05) is 19.3 Å². The summed E-state index contributed by atoms with van der Waals surface area (Å²) in [6, 6.07) is 2.55. The molecule has 0 radical (unpaired) electrons. The molecule has 0 bridgehead atoms. The molecule has 0 aliphatic carbocycles. The summed E-state index contributed by atoms with van der Waals surface area (Å²) in [4.78, 5) is 0. The molecule has 21 heavy (non-hydrogen) atoms. The molecule has 0 amide bonds. The van der Waals surface area contributed by atoms with E-state index in [2.05, 4.69) is 28.1 Å². The van der Waals surface area contributed by atoms with E-state index >= 15 is 0 Å². The number of nitrogens with zero attached hydrogens (tertiary/aromatic N) is 3. The van der Waals surface area contributed by atoms with E-state index in [4.69, 9.17) is 0 Å². The third kappa shape index (κ3) is 3.30. The predicted octanol–water partition coefficient (Wildman–Crippen LogP) is 0.904. The number of fused-ring (bicyclic) bond motifs is 1. The van der Waals surface area contributed by atoms with Crippen molar-refractivity contribution in [2.24, 2.45) is 0 Å². The first-order valence-electron chi connectivity index (χ1n) is 7.71. The van der Waals surface area contributed by atoms with Gasteiger partial charge in [-0.25, -0.2) is 12.7 Å². The van der Waals surface area contributed by atoms with Crippen molar-refractivity contribution in [2.45, 2.75) is 51.2 Å². The smallest absolute Gasteiger partial charge is 0.211 e. The summed E-state index contributed by atoms with van der Waals surface area (Å²) in [6.45, 7) is 4.34. The Morgan fingerprint density at radius 1 is 1.38 bits per heavy atom. The number of rotatable bonds is 4. The molecule has 2 aliphatic heterocycles. The summed E-state index contributed by atoms with van der Waals surface area (Å²) >= 11 is 0. The molecule has 1 N–H and O–H groups in total. The van der Waals surface area contributed by atoms with Crippen molar-refractivity contribution in [3.05, 3.63) is 17.5 Å². The number of aryl methyl sites for hydroxylation is 2. The van der Waals surface area contributed by atoms with Crippen molar-refractivity contribution in [3.8, 4) is 0 Å². The Bertz CT molecular complexity index is 589. The maximum atomic E-state index is 11.7. The molecule has 2 unspecified atom stereocenters.